The molecular weight excluding hydrogens is 245 g/mol. The third-order valence-electron chi connectivity index (χ3n) is 3.13. The van der Waals surface area contributed by atoms with Crippen molar-refractivity contribution in [3.63, 3.8) is 0 Å². The molecule has 1 aliphatic rings. The van der Waals surface area contributed by atoms with Gasteiger partial charge >= 0.3 is 6.18 Å². The Balaban J connectivity index is 2.09. The standard InChI is InChI=1S/C13H15F3O2/c14-13(15,16)9-6-7-12(11(17)8-9)18-10-4-2-1-3-5-10/h6-8,10,17H,1-5H2. The minimum atomic E-state index is -4.44. The van der Waals surface area contributed by atoms with Gasteiger partial charge in [-0.3, -0.25) is 0 Å². The van der Waals surface area contributed by atoms with Crippen LogP contribution in [-0.2, 0) is 6.18 Å². The van der Waals surface area contributed by atoms with Gasteiger partial charge in [-0.25, -0.2) is 0 Å². The summed E-state index contributed by atoms with van der Waals surface area (Å²) in [6, 6.07) is 2.82. The highest BCUT2D eigenvalue weighted by Gasteiger charge is 2.31. The number of alkyl halides is 3. The number of benzene rings is 1. The van der Waals surface area contributed by atoms with Crippen LogP contribution in [0.4, 0.5) is 13.2 Å². The van der Waals surface area contributed by atoms with Crippen LogP contribution in [-0.4, -0.2) is 11.2 Å². The average Bonchev–Trinajstić information content (AvgIpc) is 2.32. The second kappa shape index (κ2) is 5.08. The fourth-order valence-corrected chi connectivity index (χ4v) is 2.16. The Labute approximate surface area is 103 Å². The first-order chi connectivity index (χ1) is 8.47. The van der Waals surface area contributed by atoms with Crippen LogP contribution in [0.1, 0.15) is 37.7 Å². The van der Waals surface area contributed by atoms with Crippen molar-refractivity contribution in [3.8, 4) is 11.5 Å². The highest BCUT2D eigenvalue weighted by Crippen LogP contribution is 2.36. The molecule has 0 heterocycles. The zero-order chi connectivity index (χ0) is 13.2. The van der Waals surface area contributed by atoms with E-state index in [-0.39, 0.29) is 11.9 Å². The quantitative estimate of drug-likeness (QED) is 0.866. The van der Waals surface area contributed by atoms with E-state index in [1.54, 1.807) is 0 Å². The Morgan fingerprint density at radius 3 is 2.33 bits per heavy atom. The SMILES string of the molecule is Oc1cc(C(F)(F)F)ccc1OC1CCCCC1. The van der Waals surface area contributed by atoms with Gasteiger partial charge < -0.3 is 9.84 Å². The normalized spacial score (nSPS) is 17.7. The van der Waals surface area contributed by atoms with Crippen LogP contribution in [0.5, 0.6) is 11.5 Å². The molecule has 0 radical (unpaired) electrons. The fraction of sp³-hybridized carbons (Fsp3) is 0.538. The minimum absolute atomic E-state index is 0.00128. The van der Waals surface area contributed by atoms with Crippen LogP contribution < -0.4 is 4.74 Å². The molecule has 0 unspecified atom stereocenters. The maximum Gasteiger partial charge on any atom is 0.416 e. The molecule has 0 aliphatic heterocycles. The lowest BCUT2D eigenvalue weighted by molar-refractivity contribution is -0.137. The van der Waals surface area contributed by atoms with Crippen molar-refractivity contribution in [2.75, 3.05) is 0 Å². The third kappa shape index (κ3) is 3.09. The van der Waals surface area contributed by atoms with Crippen LogP contribution >= 0.6 is 0 Å². The van der Waals surface area contributed by atoms with Crippen LogP contribution in [0.15, 0.2) is 18.2 Å². The Kier molecular flexibility index (Phi) is 3.68. The van der Waals surface area contributed by atoms with Crippen molar-refractivity contribution in [3.05, 3.63) is 23.8 Å². The molecule has 0 aromatic heterocycles. The number of halogens is 3. The Bertz CT molecular complexity index is 409. The molecule has 2 rings (SSSR count). The highest BCUT2D eigenvalue weighted by molar-refractivity contribution is 5.42. The molecule has 1 aromatic carbocycles. The van der Waals surface area contributed by atoms with Gasteiger partial charge in [-0.1, -0.05) is 6.42 Å². The summed E-state index contributed by atoms with van der Waals surface area (Å²) in [5.74, 6) is -0.315. The number of phenols is 1. The Morgan fingerprint density at radius 1 is 1.11 bits per heavy atom. The average molecular weight is 260 g/mol. The number of hydrogen-bond acceptors (Lipinski definition) is 2. The lowest BCUT2D eigenvalue weighted by atomic mass is 9.98. The number of rotatable bonds is 2. The van der Waals surface area contributed by atoms with Gasteiger partial charge in [0.05, 0.1) is 11.7 Å². The minimum Gasteiger partial charge on any atom is -0.504 e. The van der Waals surface area contributed by atoms with E-state index < -0.39 is 17.5 Å². The first-order valence-corrected chi connectivity index (χ1v) is 6.03. The van der Waals surface area contributed by atoms with Gasteiger partial charge in [0, 0.05) is 0 Å². The molecular formula is C13H15F3O2. The lowest BCUT2D eigenvalue weighted by Crippen LogP contribution is -2.19. The molecule has 0 saturated heterocycles. The molecule has 0 bridgehead atoms. The molecule has 18 heavy (non-hydrogen) atoms. The summed E-state index contributed by atoms with van der Waals surface area (Å²) in [7, 11) is 0. The summed E-state index contributed by atoms with van der Waals surface area (Å²) < 4.78 is 42.8. The maximum atomic E-state index is 12.4. The van der Waals surface area contributed by atoms with Gasteiger partial charge in [-0.15, -0.1) is 0 Å². The van der Waals surface area contributed by atoms with E-state index in [9.17, 15) is 18.3 Å². The largest absolute Gasteiger partial charge is 0.504 e. The molecule has 100 valence electrons. The van der Waals surface area contributed by atoms with Crippen LogP contribution in [0.3, 0.4) is 0 Å². The van der Waals surface area contributed by atoms with Gasteiger partial charge in [0.15, 0.2) is 11.5 Å². The van der Waals surface area contributed by atoms with Crippen molar-refractivity contribution >= 4 is 0 Å². The van der Waals surface area contributed by atoms with E-state index in [1.807, 2.05) is 0 Å². The smallest absolute Gasteiger partial charge is 0.416 e. The number of phenolic OH excluding ortho intramolecular Hbond substituents is 1. The zero-order valence-electron chi connectivity index (χ0n) is 9.83. The van der Waals surface area contributed by atoms with Crippen molar-refractivity contribution in [1.29, 1.82) is 0 Å². The topological polar surface area (TPSA) is 29.5 Å². The summed E-state index contributed by atoms with van der Waals surface area (Å²) in [4.78, 5) is 0. The number of hydrogen-bond donors (Lipinski definition) is 1. The molecule has 1 saturated carbocycles. The van der Waals surface area contributed by atoms with E-state index >= 15 is 0 Å². The first kappa shape index (κ1) is 13.1. The molecule has 1 aliphatic carbocycles. The predicted octanol–water partition coefficient (Wildman–Crippen LogP) is 4.12. The van der Waals surface area contributed by atoms with Gasteiger partial charge in [-0.05, 0) is 43.9 Å². The number of ether oxygens (including phenoxy) is 1. The Hall–Kier alpha value is -1.39. The highest BCUT2D eigenvalue weighted by atomic mass is 19.4. The third-order valence-corrected chi connectivity index (χ3v) is 3.13. The number of aromatic hydroxyl groups is 1. The van der Waals surface area contributed by atoms with Gasteiger partial charge in [0.1, 0.15) is 0 Å². The van der Waals surface area contributed by atoms with Crippen molar-refractivity contribution < 1.29 is 23.0 Å². The van der Waals surface area contributed by atoms with Gasteiger partial charge in [-0.2, -0.15) is 13.2 Å². The molecule has 1 aromatic rings. The van der Waals surface area contributed by atoms with E-state index in [4.69, 9.17) is 4.74 Å². The second-order valence-electron chi connectivity index (χ2n) is 4.56. The Morgan fingerprint density at radius 2 is 1.78 bits per heavy atom. The summed E-state index contributed by atoms with van der Waals surface area (Å²) in [6.45, 7) is 0. The molecule has 1 fully saturated rings. The molecule has 5 heteroatoms. The van der Waals surface area contributed by atoms with Gasteiger partial charge in [0.25, 0.3) is 0 Å². The molecule has 1 N–H and O–H groups in total. The maximum absolute atomic E-state index is 12.4. The van der Waals surface area contributed by atoms with Crippen molar-refractivity contribution in [2.24, 2.45) is 0 Å². The molecule has 0 amide bonds. The van der Waals surface area contributed by atoms with Gasteiger partial charge in [0.2, 0.25) is 0 Å². The molecule has 2 nitrogen and oxygen atoms in total. The first-order valence-electron chi connectivity index (χ1n) is 6.03. The van der Waals surface area contributed by atoms with Crippen LogP contribution in [0.2, 0.25) is 0 Å². The van der Waals surface area contributed by atoms with Crippen molar-refractivity contribution in [1.82, 2.24) is 0 Å². The van der Waals surface area contributed by atoms with Crippen LogP contribution in [0.25, 0.3) is 0 Å². The van der Waals surface area contributed by atoms with E-state index in [2.05, 4.69) is 0 Å². The lowest BCUT2D eigenvalue weighted by Gasteiger charge is -2.23. The predicted molar refractivity (Wildman–Crippen MR) is 60.6 cm³/mol. The fourth-order valence-electron chi connectivity index (χ4n) is 2.16. The zero-order valence-corrected chi connectivity index (χ0v) is 9.83. The molecule has 0 spiro atoms. The summed E-state index contributed by atoms with van der Waals surface area (Å²) in [5, 5.41) is 9.56. The summed E-state index contributed by atoms with van der Waals surface area (Å²) >= 11 is 0. The van der Waals surface area contributed by atoms with E-state index in [1.165, 1.54) is 12.5 Å². The monoisotopic (exact) mass is 260 g/mol. The molecule has 0 atom stereocenters. The van der Waals surface area contributed by atoms with E-state index in [0.29, 0.717) is 6.07 Å². The second-order valence-corrected chi connectivity index (χ2v) is 4.56. The summed E-state index contributed by atoms with van der Waals surface area (Å²) in [5.41, 5.74) is -0.865. The summed E-state index contributed by atoms with van der Waals surface area (Å²) in [6.07, 6.45) is 0.625. The van der Waals surface area contributed by atoms with E-state index in [0.717, 1.165) is 31.7 Å². The van der Waals surface area contributed by atoms with Crippen molar-refractivity contribution in [2.45, 2.75) is 44.4 Å². The van der Waals surface area contributed by atoms with Crippen LogP contribution in [0, 0.1) is 0 Å².